The Morgan fingerprint density at radius 3 is 2.32 bits per heavy atom. The van der Waals surface area contributed by atoms with Gasteiger partial charge in [0.25, 0.3) is 5.91 Å². The molecule has 0 aromatic heterocycles. The SMILES string of the molecule is C[C@@H](O)[C@H](NC(=O)c1ccc(-c2cc(F)ccc2F)cc1)C(=O)CO. The van der Waals surface area contributed by atoms with E-state index < -0.39 is 42.1 Å². The first-order chi connectivity index (χ1) is 11.8. The Morgan fingerprint density at radius 1 is 1.12 bits per heavy atom. The van der Waals surface area contributed by atoms with Gasteiger partial charge in [-0.25, -0.2) is 8.78 Å². The number of aliphatic hydroxyl groups is 2. The van der Waals surface area contributed by atoms with Crippen molar-refractivity contribution in [2.24, 2.45) is 0 Å². The average Bonchev–Trinajstić information content (AvgIpc) is 2.60. The van der Waals surface area contributed by atoms with Gasteiger partial charge in [-0.1, -0.05) is 12.1 Å². The van der Waals surface area contributed by atoms with E-state index in [9.17, 15) is 23.5 Å². The maximum absolute atomic E-state index is 13.8. The van der Waals surface area contributed by atoms with E-state index in [1.807, 2.05) is 0 Å². The van der Waals surface area contributed by atoms with Crippen LogP contribution in [0, 0.1) is 11.6 Å². The molecule has 0 fully saturated rings. The third-order valence-electron chi connectivity index (χ3n) is 3.66. The molecule has 0 aliphatic carbocycles. The molecular weight excluding hydrogens is 332 g/mol. The number of nitrogens with one attached hydrogen (secondary N) is 1. The molecule has 0 spiro atoms. The number of ketones is 1. The number of hydrogen-bond acceptors (Lipinski definition) is 4. The summed E-state index contributed by atoms with van der Waals surface area (Å²) in [7, 11) is 0. The van der Waals surface area contributed by atoms with E-state index >= 15 is 0 Å². The fraction of sp³-hybridized carbons (Fsp3) is 0.222. The zero-order valence-electron chi connectivity index (χ0n) is 13.4. The average molecular weight is 349 g/mol. The van der Waals surface area contributed by atoms with E-state index in [0.717, 1.165) is 18.2 Å². The first-order valence-electron chi connectivity index (χ1n) is 7.51. The lowest BCUT2D eigenvalue weighted by Crippen LogP contribution is -2.48. The molecule has 0 aliphatic heterocycles. The van der Waals surface area contributed by atoms with Crippen molar-refractivity contribution in [3.05, 3.63) is 59.7 Å². The molecule has 0 bridgehead atoms. The van der Waals surface area contributed by atoms with Crippen molar-refractivity contribution in [2.45, 2.75) is 19.1 Å². The van der Waals surface area contributed by atoms with E-state index in [1.165, 1.54) is 31.2 Å². The molecule has 2 aromatic rings. The highest BCUT2D eigenvalue weighted by Crippen LogP contribution is 2.24. The number of hydrogen-bond donors (Lipinski definition) is 3. The molecule has 2 atom stereocenters. The fourth-order valence-electron chi connectivity index (χ4n) is 2.31. The predicted molar refractivity (Wildman–Crippen MR) is 86.8 cm³/mol. The number of carbonyl (C=O) groups excluding carboxylic acids is 2. The number of benzene rings is 2. The molecule has 0 saturated carbocycles. The van der Waals surface area contributed by atoms with Gasteiger partial charge in [0, 0.05) is 11.1 Å². The molecule has 0 heterocycles. The van der Waals surface area contributed by atoms with Gasteiger partial charge in [0.1, 0.15) is 24.3 Å². The summed E-state index contributed by atoms with van der Waals surface area (Å²) in [6.45, 7) is 0.502. The van der Waals surface area contributed by atoms with E-state index in [-0.39, 0.29) is 11.1 Å². The Morgan fingerprint density at radius 2 is 1.76 bits per heavy atom. The van der Waals surface area contributed by atoms with Crippen molar-refractivity contribution in [2.75, 3.05) is 6.61 Å². The van der Waals surface area contributed by atoms with Crippen LogP contribution in [0.2, 0.25) is 0 Å². The van der Waals surface area contributed by atoms with Crippen molar-refractivity contribution < 1.29 is 28.6 Å². The maximum Gasteiger partial charge on any atom is 0.251 e. The summed E-state index contributed by atoms with van der Waals surface area (Å²) in [4.78, 5) is 23.7. The second kappa shape index (κ2) is 7.96. The van der Waals surface area contributed by atoms with Crippen LogP contribution in [0.3, 0.4) is 0 Å². The smallest absolute Gasteiger partial charge is 0.251 e. The molecule has 2 rings (SSSR count). The van der Waals surface area contributed by atoms with E-state index in [4.69, 9.17) is 5.11 Å². The third kappa shape index (κ3) is 4.46. The van der Waals surface area contributed by atoms with Crippen LogP contribution in [0.15, 0.2) is 42.5 Å². The minimum atomic E-state index is -1.24. The summed E-state index contributed by atoms with van der Waals surface area (Å²) in [5, 5.41) is 20.7. The lowest BCUT2D eigenvalue weighted by Gasteiger charge is -2.19. The number of carbonyl (C=O) groups is 2. The molecule has 0 radical (unpaired) electrons. The standard InChI is InChI=1S/C18H17F2NO4/c1-10(23)17(16(24)9-22)21-18(25)12-4-2-11(3-5-12)14-8-13(19)6-7-15(14)20/h2-8,10,17,22-23H,9H2,1H3,(H,21,25)/t10-,17+/m1/s1. The topological polar surface area (TPSA) is 86.6 Å². The van der Waals surface area contributed by atoms with Crippen molar-refractivity contribution in [3.8, 4) is 11.1 Å². The van der Waals surface area contributed by atoms with Gasteiger partial charge < -0.3 is 15.5 Å². The predicted octanol–water partition coefficient (Wildman–Crippen LogP) is 1.67. The third-order valence-corrected chi connectivity index (χ3v) is 3.66. The number of halogens is 2. The molecule has 3 N–H and O–H groups in total. The molecule has 0 saturated heterocycles. The van der Waals surface area contributed by atoms with Gasteiger partial charge in [0.05, 0.1) is 6.10 Å². The molecule has 5 nitrogen and oxygen atoms in total. The summed E-state index contributed by atoms with van der Waals surface area (Å²) < 4.78 is 27.0. The van der Waals surface area contributed by atoms with Crippen molar-refractivity contribution in [1.29, 1.82) is 0 Å². The van der Waals surface area contributed by atoms with Crippen molar-refractivity contribution in [3.63, 3.8) is 0 Å². The summed E-state index contributed by atoms with van der Waals surface area (Å²) in [6.07, 6.45) is -1.18. The molecule has 132 valence electrons. The molecular formula is C18H17F2NO4. The molecule has 25 heavy (non-hydrogen) atoms. The maximum atomic E-state index is 13.8. The Labute approximate surface area is 142 Å². The Bertz CT molecular complexity index is 775. The minimum absolute atomic E-state index is 0.0595. The van der Waals surface area contributed by atoms with Gasteiger partial charge in [0.15, 0.2) is 5.78 Å². The van der Waals surface area contributed by atoms with E-state index in [0.29, 0.717) is 5.56 Å². The zero-order chi connectivity index (χ0) is 18.6. The van der Waals surface area contributed by atoms with Crippen LogP contribution >= 0.6 is 0 Å². The summed E-state index contributed by atoms with van der Waals surface area (Å²) in [5.74, 6) is -2.54. The first kappa shape index (κ1) is 18.7. The number of aliphatic hydroxyl groups excluding tert-OH is 2. The van der Waals surface area contributed by atoms with Gasteiger partial charge in [-0.05, 0) is 42.8 Å². The van der Waals surface area contributed by atoms with Crippen molar-refractivity contribution in [1.82, 2.24) is 5.32 Å². The van der Waals surface area contributed by atoms with E-state index in [2.05, 4.69) is 5.32 Å². The van der Waals surface area contributed by atoms with Gasteiger partial charge >= 0.3 is 0 Å². The minimum Gasteiger partial charge on any atom is -0.391 e. The molecule has 1 amide bonds. The lowest BCUT2D eigenvalue weighted by molar-refractivity contribution is -0.125. The Hall–Kier alpha value is -2.64. The fourth-order valence-corrected chi connectivity index (χ4v) is 2.31. The van der Waals surface area contributed by atoms with Crippen molar-refractivity contribution >= 4 is 11.7 Å². The molecule has 0 unspecified atom stereocenters. The second-order valence-corrected chi connectivity index (χ2v) is 5.52. The highest BCUT2D eigenvalue weighted by molar-refractivity contribution is 5.98. The monoisotopic (exact) mass is 349 g/mol. The van der Waals surface area contributed by atoms with Gasteiger partial charge in [-0.15, -0.1) is 0 Å². The number of Topliss-reactive ketones (excluding diaryl/α,β-unsaturated/α-hetero) is 1. The second-order valence-electron chi connectivity index (χ2n) is 5.52. The quantitative estimate of drug-likeness (QED) is 0.740. The Kier molecular flexibility index (Phi) is 5.95. The van der Waals surface area contributed by atoms with Crippen LogP contribution in [-0.4, -0.2) is 40.7 Å². The summed E-state index contributed by atoms with van der Waals surface area (Å²) in [5.41, 5.74) is 0.605. The van der Waals surface area contributed by atoms with Crippen LogP contribution in [0.5, 0.6) is 0 Å². The molecule has 2 aromatic carbocycles. The summed E-state index contributed by atoms with van der Waals surface area (Å²) >= 11 is 0. The van der Waals surface area contributed by atoms with Crippen LogP contribution in [0.25, 0.3) is 11.1 Å². The van der Waals surface area contributed by atoms with E-state index in [1.54, 1.807) is 0 Å². The first-order valence-corrected chi connectivity index (χ1v) is 7.51. The molecule has 7 heteroatoms. The lowest BCUT2D eigenvalue weighted by atomic mass is 10.0. The van der Waals surface area contributed by atoms with Gasteiger partial charge in [0.2, 0.25) is 0 Å². The zero-order valence-corrected chi connectivity index (χ0v) is 13.4. The highest BCUT2D eigenvalue weighted by Gasteiger charge is 2.25. The van der Waals surface area contributed by atoms with Crippen LogP contribution in [0.1, 0.15) is 17.3 Å². The van der Waals surface area contributed by atoms with Gasteiger partial charge in [-0.3, -0.25) is 9.59 Å². The van der Waals surface area contributed by atoms with Crippen LogP contribution in [-0.2, 0) is 4.79 Å². The van der Waals surface area contributed by atoms with Gasteiger partial charge in [-0.2, -0.15) is 0 Å². The van der Waals surface area contributed by atoms with Crippen LogP contribution in [0.4, 0.5) is 8.78 Å². The largest absolute Gasteiger partial charge is 0.391 e. The Balaban J connectivity index is 2.20. The molecule has 0 aliphatic rings. The number of rotatable bonds is 6. The number of amides is 1. The highest BCUT2D eigenvalue weighted by atomic mass is 19.1. The van der Waals surface area contributed by atoms with Crippen LogP contribution < -0.4 is 5.32 Å². The summed E-state index contributed by atoms with van der Waals surface area (Å²) in [6, 6.07) is 7.49. The normalized spacial score (nSPS) is 13.2.